The quantitative estimate of drug-likeness (QED) is 0.0389. The lowest BCUT2D eigenvalue weighted by Crippen LogP contribution is -2.61. The van der Waals surface area contributed by atoms with Crippen molar-refractivity contribution >= 4 is 70.9 Å². The summed E-state index contributed by atoms with van der Waals surface area (Å²) in [5.74, 6) is -12.9. The summed E-state index contributed by atoms with van der Waals surface area (Å²) in [6.45, 7) is 19.3. The molecule has 0 fully saturated rings. The van der Waals surface area contributed by atoms with Gasteiger partial charge in [0.15, 0.2) is 5.78 Å². The molecule has 0 spiro atoms. The van der Waals surface area contributed by atoms with Crippen LogP contribution in [0.25, 0.3) is 0 Å². The van der Waals surface area contributed by atoms with Crippen molar-refractivity contribution in [2.24, 2.45) is 29.4 Å². The molecule has 1 aromatic rings. The number of nitrogens with two attached hydrogens (primary N) is 1. The van der Waals surface area contributed by atoms with Gasteiger partial charge in [-0.15, -0.1) is 0 Å². The number of carboxylic acid groups (broad SMARTS) is 3. The van der Waals surface area contributed by atoms with E-state index in [0.717, 1.165) is 0 Å². The molecular weight excluding hydrogens is 1080 g/mol. The number of aromatic hydroxyl groups is 1. The first-order valence-electron chi connectivity index (χ1n) is 28.0. The third kappa shape index (κ3) is 28.6. The average molecular weight is 1170 g/mol. The minimum Gasteiger partial charge on any atom is -0.508 e. The topological polar surface area (TPSA) is 432 Å². The summed E-state index contributed by atoms with van der Waals surface area (Å²) in [5.41, 5.74) is 6.13. The van der Waals surface area contributed by atoms with Gasteiger partial charge >= 0.3 is 17.9 Å². The van der Waals surface area contributed by atoms with Crippen LogP contribution in [0.3, 0.4) is 0 Å². The van der Waals surface area contributed by atoms with E-state index in [1.165, 1.54) is 31.2 Å². The molecule has 8 amide bonds. The highest BCUT2D eigenvalue weighted by Gasteiger charge is 2.37. The number of nitrogens with one attached hydrogen (secondary N) is 10. The van der Waals surface area contributed by atoms with Gasteiger partial charge in [0.25, 0.3) is 0 Å². The number of benzene rings is 1. The Morgan fingerprint density at radius 3 is 1.27 bits per heavy atom. The Bertz CT molecular complexity index is 2380. The Balaban J connectivity index is 3.69. The van der Waals surface area contributed by atoms with Crippen LogP contribution in [-0.2, 0) is 64.0 Å². The molecule has 466 valence electrons. The molecule has 27 nitrogen and oxygen atoms in total. The number of carbonyl (C=O) groups is 12. The van der Waals surface area contributed by atoms with Crippen molar-refractivity contribution in [3.05, 3.63) is 42.2 Å². The monoisotopic (exact) mass is 1170 g/mol. The summed E-state index contributed by atoms with van der Waals surface area (Å²) in [6.07, 6.45) is -3.07. The number of carbonyl (C=O) groups excluding carboxylic acids is 9. The first-order valence-corrected chi connectivity index (χ1v) is 28.0. The normalized spacial score (nSPS) is 14.8. The number of Topliss-reactive ketones (excluding diaryl/α,β-unsaturated/α-hetero) is 1. The van der Waals surface area contributed by atoms with Crippen molar-refractivity contribution in [2.45, 2.75) is 194 Å². The van der Waals surface area contributed by atoms with Gasteiger partial charge in [0.05, 0.1) is 17.9 Å². The minimum absolute atomic E-state index is 0.0387. The number of hydrogen-bond acceptors (Lipinski definition) is 16. The Hall–Kier alpha value is -7.84. The van der Waals surface area contributed by atoms with Crippen LogP contribution in [0.4, 0.5) is 0 Å². The minimum atomic E-state index is -1.83. The molecule has 0 saturated heterocycles. The second kappa shape index (κ2) is 37.3. The molecular formula is C56H91N11O16. The fraction of sp³-hybridized carbons (Fsp3) is 0.643. The maximum atomic E-state index is 14.4. The van der Waals surface area contributed by atoms with E-state index in [9.17, 15) is 78.0 Å². The maximum absolute atomic E-state index is 14.4. The third-order valence-electron chi connectivity index (χ3n) is 13.4. The first-order chi connectivity index (χ1) is 38.8. The molecule has 0 aliphatic rings. The van der Waals surface area contributed by atoms with Gasteiger partial charge in [-0.3, -0.25) is 57.5 Å². The number of amides is 8. The molecule has 1 aromatic carbocycles. The third-order valence-corrected chi connectivity index (χ3v) is 13.4. The summed E-state index contributed by atoms with van der Waals surface area (Å²) in [7, 11) is 1.55. The van der Waals surface area contributed by atoms with Crippen LogP contribution in [-0.4, -0.2) is 159 Å². The lowest BCUT2D eigenvalue weighted by molar-refractivity contribution is -0.140. The van der Waals surface area contributed by atoms with Crippen LogP contribution in [0.2, 0.25) is 0 Å². The van der Waals surface area contributed by atoms with Crippen LogP contribution >= 0.6 is 0 Å². The van der Waals surface area contributed by atoms with Crippen molar-refractivity contribution in [2.75, 3.05) is 13.6 Å². The molecule has 0 heterocycles. The van der Waals surface area contributed by atoms with Crippen LogP contribution < -0.4 is 58.9 Å². The van der Waals surface area contributed by atoms with Gasteiger partial charge in [0.2, 0.25) is 47.3 Å². The predicted octanol–water partition coefficient (Wildman–Crippen LogP) is 0.178. The van der Waals surface area contributed by atoms with Crippen LogP contribution in [0.5, 0.6) is 5.75 Å². The molecule has 10 atom stereocenters. The Morgan fingerprint density at radius 2 is 0.867 bits per heavy atom. The summed E-state index contributed by atoms with van der Waals surface area (Å²) < 4.78 is 0. The Kier molecular flexibility index (Phi) is 32.9. The van der Waals surface area contributed by atoms with E-state index in [2.05, 4.69) is 59.7 Å². The fourth-order valence-corrected chi connectivity index (χ4v) is 8.49. The van der Waals surface area contributed by atoms with Gasteiger partial charge in [-0.2, -0.15) is 0 Å². The van der Waals surface area contributed by atoms with Crippen molar-refractivity contribution in [1.29, 1.82) is 0 Å². The summed E-state index contributed by atoms with van der Waals surface area (Å²) in [5, 5.41) is 65.0. The molecule has 0 aliphatic carbocycles. The SMILES string of the molecule is C=C(N)NCCCC(NC(=O)C(NC(=O)C(CCC(=O)O)NC(=O)C(CCC(=O)O)NC(=O)C(CCC(=O)O)NC(=O)C(Cc1ccc(O)cc1)NC(=O)C(CC(C)C)NC)C(C)CC)C(=O)NC(C(=O)NC(CC(C)C)C(C)=O)C(C)C. The standard InChI is InChI=1S/C56H91N11O16/c1-12-32(8)48(56(83)63-37(14-13-25-59-34(10)57)51(78)66-47(31(6)7)55(82)64-41(33(9)68)26-29(2)3)67-52(79)40(21-24-46(74)75)61-49(76)38(19-22-44(70)71)60-50(77)39(20-23-45(72)73)62-54(81)43(28-35-15-17-36(69)18-16-35)65-53(80)42(58-11)27-30(4)5/h15-18,29-32,37-43,47-48,58-59,69H,10,12-14,19-28,57H2,1-9,11H3,(H,60,77)(H,61,76)(H,62,81)(H,63,83)(H,64,82)(H,65,80)(H,66,78)(H,67,79)(H,70,71)(H,72,73)(H,74,75). The fourth-order valence-electron chi connectivity index (χ4n) is 8.49. The molecule has 0 aromatic heterocycles. The lowest BCUT2D eigenvalue weighted by Gasteiger charge is -2.30. The second-order valence-corrected chi connectivity index (χ2v) is 21.9. The largest absolute Gasteiger partial charge is 0.508 e. The summed E-state index contributed by atoms with van der Waals surface area (Å²) in [4.78, 5) is 160. The van der Waals surface area contributed by atoms with Crippen molar-refractivity contribution in [3.63, 3.8) is 0 Å². The number of rotatable bonds is 41. The van der Waals surface area contributed by atoms with E-state index in [4.69, 9.17) is 5.73 Å². The molecule has 0 saturated carbocycles. The van der Waals surface area contributed by atoms with Crippen molar-refractivity contribution < 1.29 is 78.0 Å². The average Bonchev–Trinajstić information content (AvgIpc) is 3.48. The van der Waals surface area contributed by atoms with Gasteiger partial charge in [-0.05, 0) is 100 Å². The molecule has 83 heavy (non-hydrogen) atoms. The smallest absolute Gasteiger partial charge is 0.303 e. The van der Waals surface area contributed by atoms with Crippen LogP contribution in [0.1, 0.15) is 139 Å². The van der Waals surface area contributed by atoms with Crippen molar-refractivity contribution in [1.82, 2.24) is 53.2 Å². The molecule has 0 radical (unpaired) electrons. The zero-order valence-corrected chi connectivity index (χ0v) is 49.5. The number of phenols is 1. The molecule has 0 aliphatic heterocycles. The molecule has 16 N–H and O–H groups in total. The highest BCUT2D eigenvalue weighted by Crippen LogP contribution is 2.16. The second-order valence-electron chi connectivity index (χ2n) is 21.9. The Morgan fingerprint density at radius 1 is 0.506 bits per heavy atom. The predicted molar refractivity (Wildman–Crippen MR) is 305 cm³/mol. The lowest BCUT2D eigenvalue weighted by atomic mass is 9.96. The summed E-state index contributed by atoms with van der Waals surface area (Å²) in [6, 6.07) is -6.62. The first kappa shape index (κ1) is 73.2. The van der Waals surface area contributed by atoms with Crippen LogP contribution in [0, 0.1) is 23.7 Å². The molecule has 10 unspecified atom stereocenters. The van der Waals surface area contributed by atoms with Gasteiger partial charge in [-0.1, -0.05) is 80.5 Å². The number of carboxylic acids is 3. The van der Waals surface area contributed by atoms with Gasteiger partial charge < -0.3 is 79.3 Å². The van der Waals surface area contributed by atoms with E-state index in [0.29, 0.717) is 18.4 Å². The maximum Gasteiger partial charge on any atom is 0.303 e. The Labute approximate surface area is 485 Å². The van der Waals surface area contributed by atoms with Gasteiger partial charge in [0, 0.05) is 32.2 Å². The highest BCUT2D eigenvalue weighted by atomic mass is 16.4. The van der Waals surface area contributed by atoms with E-state index < -0.39 is 170 Å². The number of hydrogen-bond donors (Lipinski definition) is 15. The number of phenolic OH excluding ortho intramolecular Hbond substituents is 1. The number of likely N-dealkylation sites (N-methyl/N-ethyl adjacent to an activating group) is 1. The summed E-state index contributed by atoms with van der Waals surface area (Å²) >= 11 is 0. The zero-order chi connectivity index (χ0) is 63.3. The molecule has 0 bridgehead atoms. The molecule has 1 rings (SSSR count). The van der Waals surface area contributed by atoms with E-state index in [1.807, 2.05) is 27.7 Å². The van der Waals surface area contributed by atoms with E-state index in [-0.39, 0.29) is 61.4 Å². The van der Waals surface area contributed by atoms with Crippen molar-refractivity contribution in [3.8, 4) is 5.75 Å². The van der Waals surface area contributed by atoms with Gasteiger partial charge in [0.1, 0.15) is 48.0 Å². The number of aliphatic carboxylic acids is 3. The number of ketones is 1. The van der Waals surface area contributed by atoms with E-state index >= 15 is 0 Å². The van der Waals surface area contributed by atoms with Gasteiger partial charge in [-0.25, -0.2) is 0 Å². The van der Waals surface area contributed by atoms with Crippen LogP contribution in [0.15, 0.2) is 36.7 Å². The highest BCUT2D eigenvalue weighted by molar-refractivity contribution is 5.98. The molecule has 27 heteroatoms. The van der Waals surface area contributed by atoms with E-state index in [1.54, 1.807) is 34.7 Å². The zero-order valence-electron chi connectivity index (χ0n) is 49.5.